The van der Waals surface area contributed by atoms with Crippen molar-refractivity contribution < 1.29 is 13.5 Å². The van der Waals surface area contributed by atoms with Crippen molar-refractivity contribution in [2.24, 2.45) is 5.10 Å². The van der Waals surface area contributed by atoms with Crippen LogP contribution in [0.4, 0.5) is 13.9 Å². The van der Waals surface area contributed by atoms with Gasteiger partial charge in [0, 0.05) is 29.1 Å². The molecule has 0 fully saturated rings. The zero-order chi connectivity index (χ0) is 20.8. The second-order valence-electron chi connectivity index (χ2n) is 6.41. The van der Waals surface area contributed by atoms with Crippen LogP contribution in [0.15, 0.2) is 83.3 Å². The maximum atomic E-state index is 13.2. The van der Waals surface area contributed by atoms with Gasteiger partial charge in [0.25, 0.3) is 0 Å². The van der Waals surface area contributed by atoms with Gasteiger partial charge in [-0.3, -0.25) is 5.43 Å². The molecular weight excluding hydrogens is 404 g/mol. The van der Waals surface area contributed by atoms with Crippen molar-refractivity contribution in [2.75, 3.05) is 5.43 Å². The fraction of sp³-hybridized carbons (Fsp3) is 0.0435. The van der Waals surface area contributed by atoms with Crippen LogP contribution in [-0.2, 0) is 6.61 Å². The van der Waals surface area contributed by atoms with E-state index < -0.39 is 11.6 Å². The summed E-state index contributed by atoms with van der Waals surface area (Å²) in [4.78, 5) is 4.52. The predicted octanol–water partition coefficient (Wildman–Crippen LogP) is 6.11. The Hall–Kier alpha value is -3.58. The van der Waals surface area contributed by atoms with E-state index in [1.165, 1.54) is 11.3 Å². The van der Waals surface area contributed by atoms with Crippen LogP contribution in [-0.4, -0.2) is 11.2 Å². The van der Waals surface area contributed by atoms with Gasteiger partial charge in [0.15, 0.2) is 0 Å². The zero-order valence-electron chi connectivity index (χ0n) is 15.8. The van der Waals surface area contributed by atoms with Crippen LogP contribution in [0.25, 0.3) is 11.3 Å². The van der Waals surface area contributed by atoms with E-state index in [9.17, 15) is 8.78 Å². The number of anilines is 1. The van der Waals surface area contributed by atoms with Gasteiger partial charge in [0.2, 0.25) is 5.13 Å². The highest BCUT2D eigenvalue weighted by atomic mass is 32.1. The summed E-state index contributed by atoms with van der Waals surface area (Å²) in [6.45, 7) is 0.208. The molecule has 0 aliphatic rings. The highest BCUT2D eigenvalue weighted by Gasteiger charge is 2.04. The molecule has 0 amide bonds. The molecule has 0 aliphatic heterocycles. The summed E-state index contributed by atoms with van der Waals surface area (Å²) in [6, 6.07) is 20.6. The molecule has 4 nitrogen and oxygen atoms in total. The Balaban J connectivity index is 1.31. The number of rotatable bonds is 7. The lowest BCUT2D eigenvalue weighted by Gasteiger charge is -2.07. The van der Waals surface area contributed by atoms with Crippen LogP contribution < -0.4 is 10.2 Å². The number of hydrazone groups is 1. The quantitative estimate of drug-likeness (QED) is 0.289. The van der Waals surface area contributed by atoms with E-state index in [1.54, 1.807) is 6.21 Å². The van der Waals surface area contributed by atoms with Crippen molar-refractivity contribution in [3.8, 4) is 17.0 Å². The first-order valence-corrected chi connectivity index (χ1v) is 10.0. The van der Waals surface area contributed by atoms with E-state index in [0.717, 1.165) is 40.6 Å². The summed E-state index contributed by atoms with van der Waals surface area (Å²) in [5.41, 5.74) is 6.66. The van der Waals surface area contributed by atoms with Crippen LogP contribution in [0.3, 0.4) is 0 Å². The van der Waals surface area contributed by atoms with Crippen LogP contribution >= 0.6 is 11.3 Å². The molecular formula is C23H17F2N3OS. The molecule has 0 unspecified atom stereocenters. The Morgan fingerprint density at radius 1 is 0.967 bits per heavy atom. The smallest absolute Gasteiger partial charge is 0.203 e. The average Bonchev–Trinajstić information content (AvgIpc) is 3.22. The minimum absolute atomic E-state index is 0.153. The van der Waals surface area contributed by atoms with Gasteiger partial charge >= 0.3 is 0 Å². The second-order valence-corrected chi connectivity index (χ2v) is 7.27. The van der Waals surface area contributed by atoms with E-state index >= 15 is 0 Å². The highest BCUT2D eigenvalue weighted by molar-refractivity contribution is 7.14. The molecule has 0 radical (unpaired) electrons. The third-order valence-corrected chi connectivity index (χ3v) is 4.92. The van der Waals surface area contributed by atoms with Gasteiger partial charge in [0.05, 0.1) is 11.9 Å². The molecule has 0 spiro atoms. The van der Waals surface area contributed by atoms with Gasteiger partial charge in [-0.05, 0) is 11.1 Å². The third kappa shape index (κ3) is 5.27. The SMILES string of the molecule is Fc1cc(F)cc(OCc2ccc(C=NNc3nc(-c4ccccc4)cs3)cc2)c1. The molecule has 4 rings (SSSR count). The predicted molar refractivity (Wildman–Crippen MR) is 116 cm³/mol. The number of nitrogens with one attached hydrogen (secondary N) is 1. The normalized spacial score (nSPS) is 11.0. The maximum absolute atomic E-state index is 13.2. The second kappa shape index (κ2) is 9.28. The van der Waals surface area contributed by atoms with Gasteiger partial charge in [0.1, 0.15) is 24.0 Å². The lowest BCUT2D eigenvalue weighted by molar-refractivity contribution is 0.302. The lowest BCUT2D eigenvalue weighted by atomic mass is 10.1. The molecule has 7 heteroatoms. The van der Waals surface area contributed by atoms with Gasteiger partial charge in [-0.1, -0.05) is 54.6 Å². The zero-order valence-corrected chi connectivity index (χ0v) is 16.6. The first-order valence-electron chi connectivity index (χ1n) is 9.13. The summed E-state index contributed by atoms with van der Waals surface area (Å²) in [5, 5.41) is 6.90. The minimum atomic E-state index is -0.667. The first kappa shape index (κ1) is 19.7. The van der Waals surface area contributed by atoms with Crippen LogP contribution in [0, 0.1) is 11.6 Å². The van der Waals surface area contributed by atoms with Crippen molar-refractivity contribution in [1.29, 1.82) is 0 Å². The standard InChI is InChI=1S/C23H17F2N3OS/c24-19-10-20(25)12-21(11-19)29-14-17-8-6-16(7-9-17)13-26-28-23-27-22(15-30-23)18-4-2-1-3-5-18/h1-13,15H,14H2,(H,27,28). The Morgan fingerprint density at radius 2 is 1.70 bits per heavy atom. The number of ether oxygens (including phenoxy) is 1. The summed E-state index contributed by atoms with van der Waals surface area (Å²) in [7, 11) is 0. The average molecular weight is 421 g/mol. The highest BCUT2D eigenvalue weighted by Crippen LogP contribution is 2.24. The Kier molecular flexibility index (Phi) is 6.10. The number of aromatic nitrogens is 1. The molecule has 0 atom stereocenters. The molecule has 4 aromatic rings. The van der Waals surface area contributed by atoms with Crippen molar-refractivity contribution in [1.82, 2.24) is 4.98 Å². The van der Waals surface area contributed by atoms with Crippen LogP contribution in [0.5, 0.6) is 5.75 Å². The van der Waals surface area contributed by atoms with E-state index in [1.807, 2.05) is 60.0 Å². The number of hydrogen-bond donors (Lipinski definition) is 1. The molecule has 150 valence electrons. The number of nitrogens with zero attached hydrogens (tertiary/aromatic N) is 2. The number of halogens is 2. The van der Waals surface area contributed by atoms with E-state index in [-0.39, 0.29) is 12.4 Å². The minimum Gasteiger partial charge on any atom is -0.489 e. The van der Waals surface area contributed by atoms with Crippen molar-refractivity contribution in [3.05, 3.63) is 101 Å². The Morgan fingerprint density at radius 3 is 2.43 bits per heavy atom. The first-order chi connectivity index (χ1) is 14.7. The lowest BCUT2D eigenvalue weighted by Crippen LogP contribution is -1.97. The summed E-state index contributed by atoms with van der Waals surface area (Å²) in [5.74, 6) is -1.18. The third-order valence-electron chi connectivity index (χ3n) is 4.17. The molecule has 1 aromatic heterocycles. The maximum Gasteiger partial charge on any atom is 0.203 e. The van der Waals surface area contributed by atoms with Crippen LogP contribution in [0.1, 0.15) is 11.1 Å². The molecule has 0 saturated heterocycles. The number of hydrogen-bond acceptors (Lipinski definition) is 5. The van der Waals surface area contributed by atoms with Gasteiger partial charge in [-0.25, -0.2) is 13.8 Å². The van der Waals surface area contributed by atoms with E-state index in [2.05, 4.69) is 15.5 Å². The van der Waals surface area contributed by atoms with Crippen molar-refractivity contribution in [2.45, 2.75) is 6.61 Å². The number of benzene rings is 3. The Labute approximate surface area is 176 Å². The topological polar surface area (TPSA) is 46.5 Å². The fourth-order valence-electron chi connectivity index (χ4n) is 2.71. The molecule has 0 aliphatic carbocycles. The van der Waals surface area contributed by atoms with E-state index in [0.29, 0.717) is 5.13 Å². The summed E-state index contributed by atoms with van der Waals surface area (Å²) in [6.07, 6.45) is 1.69. The van der Waals surface area contributed by atoms with Crippen LogP contribution in [0.2, 0.25) is 0 Å². The van der Waals surface area contributed by atoms with Gasteiger partial charge < -0.3 is 4.74 Å². The molecule has 1 N–H and O–H groups in total. The van der Waals surface area contributed by atoms with E-state index in [4.69, 9.17) is 4.74 Å². The molecule has 0 bridgehead atoms. The molecule has 0 saturated carbocycles. The van der Waals surface area contributed by atoms with Gasteiger partial charge in [-0.15, -0.1) is 11.3 Å². The summed E-state index contributed by atoms with van der Waals surface area (Å²) >= 11 is 1.48. The Bertz CT molecular complexity index is 1120. The molecule has 3 aromatic carbocycles. The molecule has 1 heterocycles. The fourth-order valence-corrected chi connectivity index (χ4v) is 3.38. The molecule has 30 heavy (non-hydrogen) atoms. The number of thiazole rings is 1. The summed E-state index contributed by atoms with van der Waals surface area (Å²) < 4.78 is 31.8. The monoisotopic (exact) mass is 421 g/mol. The largest absolute Gasteiger partial charge is 0.489 e. The van der Waals surface area contributed by atoms with Crippen molar-refractivity contribution >= 4 is 22.7 Å². The van der Waals surface area contributed by atoms with Gasteiger partial charge in [-0.2, -0.15) is 5.10 Å². The van der Waals surface area contributed by atoms with Crippen molar-refractivity contribution in [3.63, 3.8) is 0 Å².